The maximum atomic E-state index is 13.2. The third-order valence-electron chi connectivity index (χ3n) is 7.18. The van der Waals surface area contributed by atoms with E-state index < -0.39 is 17.3 Å². The molecule has 3 aromatic heterocycles. The van der Waals surface area contributed by atoms with Gasteiger partial charge in [-0.2, -0.15) is 0 Å². The zero-order valence-electron chi connectivity index (χ0n) is 20.5. The molecule has 1 aliphatic rings. The second kappa shape index (κ2) is 10.9. The molecule has 196 valence electrons. The van der Waals surface area contributed by atoms with Gasteiger partial charge in [0.25, 0.3) is 0 Å². The summed E-state index contributed by atoms with van der Waals surface area (Å²) in [5, 5.41) is 24.4. The third-order valence-corrected chi connectivity index (χ3v) is 9.14. The molecule has 0 saturated heterocycles. The lowest BCUT2D eigenvalue weighted by Gasteiger charge is -2.35. The van der Waals surface area contributed by atoms with Gasteiger partial charge >= 0.3 is 11.7 Å². The average Bonchev–Trinajstić information content (AvgIpc) is 3.69. The van der Waals surface area contributed by atoms with Crippen LogP contribution in [0, 0.1) is 0 Å². The van der Waals surface area contributed by atoms with Crippen molar-refractivity contribution >= 4 is 39.7 Å². The number of aliphatic hydroxyl groups excluding tert-OH is 1. The monoisotopic (exact) mass is 542 g/mol. The van der Waals surface area contributed by atoms with Gasteiger partial charge in [-0.3, -0.25) is 4.57 Å². The van der Waals surface area contributed by atoms with E-state index in [1.807, 2.05) is 29.9 Å². The molecule has 4 aromatic rings. The van der Waals surface area contributed by atoms with E-state index in [9.17, 15) is 19.8 Å². The van der Waals surface area contributed by atoms with Crippen LogP contribution in [0.2, 0.25) is 0 Å². The number of thiophene rings is 2. The standard InChI is InChI=1S/C27H30N2O6S2/c1-28(12-13-29-21-11-6-18(17-30)16-22(21)35-26(29)32)19-7-9-20(10-8-19)34-25(31)27(33,23-4-2-14-36-23)24-5-3-15-37-24/h2-6,11,14-16,19-20,30,33H,7-10,12-13,17H2,1H3. The second-order valence-electron chi connectivity index (χ2n) is 9.46. The van der Waals surface area contributed by atoms with Crippen LogP contribution in [0.3, 0.4) is 0 Å². The lowest BCUT2D eigenvalue weighted by Crippen LogP contribution is -2.42. The highest BCUT2D eigenvalue weighted by molar-refractivity contribution is 7.12. The van der Waals surface area contributed by atoms with Gasteiger partial charge in [0.1, 0.15) is 6.10 Å². The molecule has 0 atom stereocenters. The Morgan fingerprint density at radius 1 is 1.14 bits per heavy atom. The fourth-order valence-corrected chi connectivity index (χ4v) is 6.71. The summed E-state index contributed by atoms with van der Waals surface area (Å²) >= 11 is 2.67. The summed E-state index contributed by atoms with van der Waals surface area (Å²) in [5.74, 6) is -1.03. The number of likely N-dealkylation sites (N-methyl/N-ethyl adjacent to an activating group) is 1. The van der Waals surface area contributed by atoms with Crippen LogP contribution < -0.4 is 5.76 Å². The Morgan fingerprint density at radius 2 is 1.81 bits per heavy atom. The Morgan fingerprint density at radius 3 is 2.41 bits per heavy atom. The van der Waals surface area contributed by atoms with Crippen LogP contribution in [0.15, 0.2) is 62.4 Å². The molecule has 0 bridgehead atoms. The molecule has 0 amide bonds. The first-order valence-electron chi connectivity index (χ1n) is 12.3. The van der Waals surface area contributed by atoms with E-state index in [1.165, 1.54) is 22.7 Å². The molecule has 37 heavy (non-hydrogen) atoms. The lowest BCUT2D eigenvalue weighted by atomic mass is 9.91. The van der Waals surface area contributed by atoms with Gasteiger partial charge in [-0.05, 0) is 73.3 Å². The molecule has 1 fully saturated rings. The smallest absolute Gasteiger partial charge is 0.419 e. The SMILES string of the molecule is CN(CCn1c(=O)oc2cc(CO)ccc21)C1CCC(OC(=O)C(O)(c2cccs2)c2cccs2)CC1. The Kier molecular flexibility index (Phi) is 7.64. The molecule has 3 heterocycles. The molecule has 2 N–H and O–H groups in total. The number of esters is 1. The molecule has 0 spiro atoms. The van der Waals surface area contributed by atoms with Gasteiger partial charge in [0, 0.05) is 19.1 Å². The number of carbonyl (C=O) groups is 1. The number of hydrogen-bond acceptors (Lipinski definition) is 9. The minimum Gasteiger partial charge on any atom is -0.460 e. The van der Waals surface area contributed by atoms with Crippen LogP contribution >= 0.6 is 22.7 Å². The number of rotatable bonds is 9. The zero-order valence-corrected chi connectivity index (χ0v) is 22.2. The summed E-state index contributed by atoms with van der Waals surface area (Å²) in [6, 6.07) is 12.8. The molecule has 0 aliphatic heterocycles. The van der Waals surface area contributed by atoms with Crippen molar-refractivity contribution in [3.8, 4) is 0 Å². The number of aromatic nitrogens is 1. The van der Waals surface area contributed by atoms with Crippen molar-refractivity contribution in [1.82, 2.24) is 9.47 Å². The van der Waals surface area contributed by atoms with Crippen LogP contribution in [-0.4, -0.2) is 51.4 Å². The van der Waals surface area contributed by atoms with E-state index in [0.29, 0.717) is 52.9 Å². The number of benzene rings is 1. The highest BCUT2D eigenvalue weighted by Crippen LogP contribution is 2.38. The second-order valence-corrected chi connectivity index (χ2v) is 11.4. The van der Waals surface area contributed by atoms with Gasteiger partial charge in [-0.1, -0.05) is 18.2 Å². The van der Waals surface area contributed by atoms with Crippen molar-refractivity contribution in [1.29, 1.82) is 0 Å². The molecule has 10 heteroatoms. The van der Waals surface area contributed by atoms with E-state index in [4.69, 9.17) is 9.15 Å². The number of nitrogens with zero attached hydrogens (tertiary/aromatic N) is 2. The zero-order chi connectivity index (χ0) is 26.0. The highest BCUT2D eigenvalue weighted by Gasteiger charge is 2.45. The van der Waals surface area contributed by atoms with Gasteiger partial charge in [0.05, 0.1) is 21.9 Å². The largest absolute Gasteiger partial charge is 0.460 e. The molecular formula is C27H30N2O6S2. The van der Waals surface area contributed by atoms with E-state index in [1.54, 1.807) is 34.9 Å². The molecule has 8 nitrogen and oxygen atoms in total. The minimum absolute atomic E-state index is 0.104. The summed E-state index contributed by atoms with van der Waals surface area (Å²) in [6.45, 7) is 1.05. The number of ether oxygens (including phenoxy) is 1. The highest BCUT2D eigenvalue weighted by atomic mass is 32.1. The number of hydrogen-bond donors (Lipinski definition) is 2. The van der Waals surface area contributed by atoms with Gasteiger partial charge in [0.15, 0.2) is 5.58 Å². The Labute approximate surface area is 222 Å². The first-order chi connectivity index (χ1) is 17.9. The van der Waals surface area contributed by atoms with E-state index in [-0.39, 0.29) is 12.7 Å². The Hall–Kier alpha value is -2.76. The van der Waals surface area contributed by atoms with Crippen molar-refractivity contribution in [2.75, 3.05) is 13.6 Å². The predicted molar refractivity (Wildman–Crippen MR) is 143 cm³/mol. The summed E-state index contributed by atoms with van der Waals surface area (Å²) in [5.41, 5.74) is 0.114. The summed E-state index contributed by atoms with van der Waals surface area (Å²) < 4.78 is 12.8. The summed E-state index contributed by atoms with van der Waals surface area (Å²) in [7, 11) is 2.04. The van der Waals surface area contributed by atoms with Crippen molar-refractivity contribution < 1.29 is 24.2 Å². The van der Waals surface area contributed by atoms with Crippen molar-refractivity contribution in [2.24, 2.45) is 0 Å². The van der Waals surface area contributed by atoms with Crippen LogP contribution in [0.4, 0.5) is 0 Å². The quantitative estimate of drug-likeness (QED) is 0.309. The van der Waals surface area contributed by atoms with Crippen LogP contribution in [-0.2, 0) is 28.3 Å². The molecule has 1 aromatic carbocycles. The topological polar surface area (TPSA) is 105 Å². The maximum absolute atomic E-state index is 13.2. The molecule has 5 rings (SSSR count). The molecular weight excluding hydrogens is 512 g/mol. The van der Waals surface area contributed by atoms with Crippen LogP contribution in [0.1, 0.15) is 41.0 Å². The molecule has 1 aliphatic carbocycles. The third kappa shape index (κ3) is 5.17. The van der Waals surface area contributed by atoms with Gasteiger partial charge in [0.2, 0.25) is 5.60 Å². The van der Waals surface area contributed by atoms with E-state index in [2.05, 4.69) is 4.90 Å². The first-order valence-corrected chi connectivity index (χ1v) is 14.1. The number of aliphatic hydroxyl groups is 2. The average molecular weight is 543 g/mol. The number of carbonyl (C=O) groups excluding carboxylic acids is 1. The first kappa shape index (κ1) is 25.9. The fraction of sp³-hybridized carbons (Fsp3) is 0.407. The molecule has 1 saturated carbocycles. The van der Waals surface area contributed by atoms with Crippen molar-refractivity contribution in [2.45, 2.75) is 56.6 Å². The normalized spacial score (nSPS) is 18.5. The molecule has 0 radical (unpaired) electrons. The van der Waals surface area contributed by atoms with E-state index in [0.717, 1.165) is 18.4 Å². The van der Waals surface area contributed by atoms with Crippen LogP contribution in [0.5, 0.6) is 0 Å². The number of fused-ring (bicyclic) bond motifs is 1. The number of oxazole rings is 1. The maximum Gasteiger partial charge on any atom is 0.419 e. The Bertz CT molecular complexity index is 1350. The minimum atomic E-state index is -1.78. The lowest BCUT2D eigenvalue weighted by molar-refractivity contribution is -0.169. The Balaban J connectivity index is 1.17. The molecule has 0 unspecified atom stereocenters. The predicted octanol–water partition coefficient (Wildman–Crippen LogP) is 3.93. The fourth-order valence-electron chi connectivity index (χ4n) is 4.99. The van der Waals surface area contributed by atoms with Gasteiger partial charge in [-0.15, -0.1) is 22.7 Å². The summed E-state index contributed by atoms with van der Waals surface area (Å²) in [4.78, 5) is 29.0. The summed E-state index contributed by atoms with van der Waals surface area (Å²) in [6.07, 6.45) is 2.89. The van der Waals surface area contributed by atoms with Crippen molar-refractivity contribution in [3.05, 3.63) is 79.1 Å². The van der Waals surface area contributed by atoms with Crippen molar-refractivity contribution in [3.63, 3.8) is 0 Å². The van der Waals surface area contributed by atoms with Gasteiger partial charge in [-0.25, -0.2) is 9.59 Å². The van der Waals surface area contributed by atoms with E-state index >= 15 is 0 Å². The van der Waals surface area contributed by atoms with Gasteiger partial charge < -0.3 is 24.3 Å². The van der Waals surface area contributed by atoms with Crippen LogP contribution in [0.25, 0.3) is 11.1 Å².